The Hall–Kier alpha value is -6.15. The Kier molecular flexibility index (Phi) is 16.8. The van der Waals surface area contributed by atoms with Gasteiger partial charge in [0, 0.05) is 60.4 Å². The van der Waals surface area contributed by atoms with Crippen molar-refractivity contribution in [2.24, 2.45) is 5.92 Å². The van der Waals surface area contributed by atoms with E-state index in [1.165, 1.54) is 22.5 Å². The number of allylic oxidation sites excluding steroid dienone is 6. The van der Waals surface area contributed by atoms with Gasteiger partial charge in [0.15, 0.2) is 5.71 Å². The Morgan fingerprint density at radius 3 is 2.24 bits per heavy atom. The van der Waals surface area contributed by atoms with Crippen LogP contribution >= 0.6 is 0 Å². The number of nitrogens with one attached hydrogen (secondary N) is 2. The fraction of sp³-hybridized carbons (Fsp3) is 0.424. The number of anilines is 4. The zero-order valence-electron chi connectivity index (χ0n) is 42.6. The normalized spacial score (nSPS) is 18.1. The van der Waals surface area contributed by atoms with Crippen LogP contribution in [0.25, 0.3) is 0 Å². The van der Waals surface area contributed by atoms with E-state index in [9.17, 15) is 27.4 Å². The predicted molar refractivity (Wildman–Crippen MR) is 291 cm³/mol. The molecule has 4 aliphatic heterocycles. The van der Waals surface area contributed by atoms with Gasteiger partial charge in [0.2, 0.25) is 17.5 Å². The smallest absolute Gasteiger partial charge is 0.264 e. The minimum Gasteiger partial charge on any atom is -0.356 e. The third kappa shape index (κ3) is 12.2. The molecule has 72 heavy (non-hydrogen) atoms. The standard InChI is InChI=1S/C59H72N6O6S/c1-58(2)46-25-11-15-29-50(46)63(53(58)32-7-5-8-33-54-59(3,4)47-26-12-16-30-51(47)64(54)39-21-22-42-72(69,70)71)38-20-6-9-34-55(66)60-37-19-18-23-44-35-40-62(41-36-44)43-56(67)65-49-28-14-10-24-45(49)57(68)61-48-27-13-17-31-52(48)65/h5,7-8,10-17,24-33,44H,6,9,18-23,34-43H2,1-4H3,(H2-,60,61,66,68,69,70,71)/p+1. The first-order valence-corrected chi connectivity index (χ1v) is 27.7. The van der Waals surface area contributed by atoms with Crippen LogP contribution in [0.5, 0.6) is 0 Å². The Balaban J connectivity index is 0.760. The third-order valence-electron chi connectivity index (χ3n) is 15.1. The minimum absolute atomic E-state index is 0.0454. The van der Waals surface area contributed by atoms with E-state index in [0.29, 0.717) is 67.4 Å². The molecule has 0 bridgehead atoms. The maximum Gasteiger partial charge on any atom is 0.264 e. The summed E-state index contributed by atoms with van der Waals surface area (Å²) >= 11 is 0. The summed E-state index contributed by atoms with van der Waals surface area (Å²) in [6, 6.07) is 31.8. The molecule has 380 valence electrons. The van der Waals surface area contributed by atoms with E-state index in [-0.39, 0.29) is 34.3 Å². The van der Waals surface area contributed by atoms with Crippen LogP contribution in [0, 0.1) is 5.92 Å². The third-order valence-corrected chi connectivity index (χ3v) is 15.9. The zero-order valence-corrected chi connectivity index (χ0v) is 43.4. The van der Waals surface area contributed by atoms with Gasteiger partial charge in [-0.1, -0.05) is 106 Å². The number of carbonyl (C=O) groups is 3. The van der Waals surface area contributed by atoms with Crippen molar-refractivity contribution in [3.63, 3.8) is 0 Å². The molecule has 0 radical (unpaired) electrons. The van der Waals surface area contributed by atoms with Crippen LogP contribution in [-0.2, 0) is 30.5 Å². The molecular formula is C59H73N6O6S+. The van der Waals surface area contributed by atoms with E-state index in [2.05, 4.69) is 126 Å². The zero-order chi connectivity index (χ0) is 50.9. The molecule has 4 aromatic carbocycles. The molecule has 1 fully saturated rings. The average Bonchev–Trinajstić information content (AvgIpc) is 3.64. The second-order valence-corrected chi connectivity index (χ2v) is 22.4. The monoisotopic (exact) mass is 994 g/mol. The quantitative estimate of drug-likeness (QED) is 0.0324. The summed E-state index contributed by atoms with van der Waals surface area (Å²) in [5.74, 6) is 0.234. The van der Waals surface area contributed by atoms with Gasteiger partial charge in [0.1, 0.15) is 6.54 Å². The van der Waals surface area contributed by atoms with E-state index < -0.39 is 10.1 Å². The van der Waals surface area contributed by atoms with Gasteiger partial charge in [0.25, 0.3) is 16.0 Å². The Morgan fingerprint density at radius 1 is 0.764 bits per heavy atom. The molecule has 3 amide bonds. The molecule has 8 rings (SSSR count). The Labute approximate surface area is 427 Å². The van der Waals surface area contributed by atoms with E-state index in [1.807, 2.05) is 48.5 Å². The highest BCUT2D eigenvalue weighted by Gasteiger charge is 2.44. The van der Waals surface area contributed by atoms with Crippen molar-refractivity contribution in [2.75, 3.05) is 60.1 Å². The summed E-state index contributed by atoms with van der Waals surface area (Å²) in [4.78, 5) is 46.0. The molecule has 4 aliphatic rings. The summed E-state index contributed by atoms with van der Waals surface area (Å²) in [6.45, 7) is 13.3. The number of amides is 3. The Morgan fingerprint density at radius 2 is 1.46 bits per heavy atom. The fourth-order valence-corrected chi connectivity index (χ4v) is 11.8. The first kappa shape index (κ1) is 52.2. The van der Waals surface area contributed by atoms with Crippen molar-refractivity contribution < 1.29 is 31.9 Å². The first-order valence-electron chi connectivity index (χ1n) is 26.1. The highest BCUT2D eigenvalue weighted by atomic mass is 32.2. The fourth-order valence-electron chi connectivity index (χ4n) is 11.2. The van der Waals surface area contributed by atoms with Crippen LogP contribution in [0.15, 0.2) is 133 Å². The lowest BCUT2D eigenvalue weighted by Crippen LogP contribution is -2.42. The number of likely N-dealkylation sites (tertiary alicyclic amines) is 1. The van der Waals surface area contributed by atoms with Gasteiger partial charge < -0.3 is 15.5 Å². The summed E-state index contributed by atoms with van der Waals surface area (Å²) < 4.78 is 34.4. The number of piperidine rings is 1. The van der Waals surface area contributed by atoms with Crippen LogP contribution in [0.4, 0.5) is 28.4 Å². The van der Waals surface area contributed by atoms with Crippen LogP contribution in [0.3, 0.4) is 0 Å². The van der Waals surface area contributed by atoms with Crippen molar-refractivity contribution >= 4 is 62.0 Å². The number of carbonyl (C=O) groups excluding carboxylic acids is 3. The molecule has 0 aromatic heterocycles. The van der Waals surface area contributed by atoms with Crippen molar-refractivity contribution in [1.82, 2.24) is 10.2 Å². The van der Waals surface area contributed by atoms with Crippen molar-refractivity contribution in [3.8, 4) is 0 Å². The lowest BCUT2D eigenvalue weighted by molar-refractivity contribution is -0.438. The maximum atomic E-state index is 13.9. The number of fused-ring (bicyclic) bond motifs is 4. The molecule has 1 saturated heterocycles. The van der Waals surface area contributed by atoms with E-state index in [0.717, 1.165) is 82.4 Å². The average molecular weight is 994 g/mol. The number of hydrogen-bond acceptors (Lipinski definition) is 7. The number of benzene rings is 4. The maximum absolute atomic E-state index is 13.9. The summed E-state index contributed by atoms with van der Waals surface area (Å²) in [5, 5.41) is 6.13. The SMILES string of the molecule is CC1(C)C(/C=C/C=C/C=C2/N(CCCCS(=O)(=O)O)c3ccccc3C2(C)C)=[N+](CCCCCC(=O)NCCCCC2CCN(CC(=O)N3c4ccccc4NC(=O)c4ccccc43)CC2)c2ccccc21. The van der Waals surface area contributed by atoms with Gasteiger partial charge >= 0.3 is 0 Å². The van der Waals surface area contributed by atoms with Gasteiger partial charge in [-0.3, -0.25) is 28.7 Å². The van der Waals surface area contributed by atoms with Gasteiger partial charge in [-0.05, 0) is 120 Å². The van der Waals surface area contributed by atoms with Crippen LogP contribution < -0.4 is 20.4 Å². The predicted octanol–water partition coefficient (Wildman–Crippen LogP) is 11.0. The van der Waals surface area contributed by atoms with Gasteiger partial charge in [-0.15, -0.1) is 0 Å². The number of hydrogen-bond donors (Lipinski definition) is 3. The molecule has 13 heteroatoms. The first-order chi connectivity index (χ1) is 34.6. The van der Waals surface area contributed by atoms with Crippen molar-refractivity contribution in [3.05, 3.63) is 150 Å². The van der Waals surface area contributed by atoms with Gasteiger partial charge in [-0.2, -0.15) is 13.0 Å². The molecule has 3 N–H and O–H groups in total. The van der Waals surface area contributed by atoms with Gasteiger partial charge in [0.05, 0.1) is 40.3 Å². The molecule has 0 atom stereocenters. The molecule has 4 aromatic rings. The van der Waals surface area contributed by atoms with Crippen molar-refractivity contribution in [1.29, 1.82) is 0 Å². The van der Waals surface area contributed by atoms with Crippen LogP contribution in [0.1, 0.15) is 120 Å². The number of para-hydroxylation sites is 5. The lowest BCUT2D eigenvalue weighted by atomic mass is 9.81. The largest absolute Gasteiger partial charge is 0.356 e. The summed E-state index contributed by atoms with van der Waals surface area (Å²) in [5.41, 5.74) is 9.30. The molecule has 4 heterocycles. The minimum atomic E-state index is -3.99. The lowest BCUT2D eigenvalue weighted by Gasteiger charge is -2.33. The van der Waals surface area contributed by atoms with E-state index in [1.54, 1.807) is 11.0 Å². The molecule has 12 nitrogen and oxygen atoms in total. The highest BCUT2D eigenvalue weighted by molar-refractivity contribution is 7.85. The molecule has 0 spiro atoms. The second-order valence-electron chi connectivity index (χ2n) is 20.9. The molecule has 0 unspecified atom stereocenters. The van der Waals surface area contributed by atoms with Crippen molar-refractivity contribution in [2.45, 2.75) is 109 Å². The van der Waals surface area contributed by atoms with Crippen LogP contribution in [0.2, 0.25) is 0 Å². The summed E-state index contributed by atoms with van der Waals surface area (Å²) in [7, 11) is -3.99. The molecule has 0 saturated carbocycles. The summed E-state index contributed by atoms with van der Waals surface area (Å²) in [6.07, 6.45) is 20.3. The molecular weight excluding hydrogens is 921 g/mol. The topological polar surface area (TPSA) is 142 Å². The highest BCUT2D eigenvalue weighted by Crippen LogP contribution is 2.48. The van der Waals surface area contributed by atoms with Gasteiger partial charge in [-0.25, -0.2) is 0 Å². The Bertz CT molecular complexity index is 2860. The second kappa shape index (κ2) is 23.2. The van der Waals surface area contributed by atoms with E-state index in [4.69, 9.17) is 0 Å². The molecule has 0 aliphatic carbocycles. The number of nitrogens with zero attached hydrogens (tertiary/aromatic N) is 4. The van der Waals surface area contributed by atoms with Crippen LogP contribution in [-0.4, -0.2) is 90.9 Å². The number of unbranched alkanes of at least 4 members (excludes halogenated alkanes) is 4. The number of rotatable bonds is 21. The van der Waals surface area contributed by atoms with E-state index >= 15 is 0 Å².